The van der Waals surface area contributed by atoms with Gasteiger partial charge < -0.3 is 10.8 Å². The number of nitrogens with zero attached hydrogens (tertiary/aromatic N) is 2. The summed E-state index contributed by atoms with van der Waals surface area (Å²) in [5.41, 5.74) is 4.92. The van der Waals surface area contributed by atoms with Crippen molar-refractivity contribution in [1.82, 2.24) is 9.78 Å². The molecule has 1 amide bonds. The maximum absolute atomic E-state index is 10.4. The van der Waals surface area contributed by atoms with Crippen molar-refractivity contribution in [2.24, 2.45) is 12.8 Å². The molecule has 0 fully saturated rings. The largest absolute Gasteiger partial charge is 0.492 e. The number of carbonyl (C=O) groups excluding carboxylic acids is 1. The fraction of sp³-hybridized carbons (Fsp3) is 0.200. The number of aromatic nitrogens is 2. The molecule has 1 heterocycles. The van der Waals surface area contributed by atoms with Gasteiger partial charge in [-0.2, -0.15) is 0 Å². The molecule has 0 saturated heterocycles. The predicted molar refractivity (Wildman–Crippen MR) is 33.4 cm³/mol. The third-order valence-corrected chi connectivity index (χ3v) is 1.07. The lowest BCUT2D eigenvalue weighted by molar-refractivity contribution is 0.0997. The van der Waals surface area contributed by atoms with Crippen LogP contribution in [0.25, 0.3) is 0 Å². The Balaban J connectivity index is 3.15. The lowest BCUT2D eigenvalue weighted by atomic mass is 10.3. The first-order chi connectivity index (χ1) is 4.61. The maximum atomic E-state index is 10.4. The molecular weight excluding hydrogens is 134 g/mol. The molecule has 0 atom stereocenters. The number of hydrogen-bond donors (Lipinski definition) is 2. The minimum atomic E-state index is -0.675. The van der Waals surface area contributed by atoms with Gasteiger partial charge >= 0.3 is 0 Å². The zero-order chi connectivity index (χ0) is 7.72. The molecule has 1 rings (SSSR count). The molecule has 3 N–H and O–H groups in total. The van der Waals surface area contributed by atoms with Crippen molar-refractivity contribution >= 4 is 5.91 Å². The summed E-state index contributed by atoms with van der Waals surface area (Å²) in [6, 6.07) is 0. The number of primary amides is 1. The Kier molecular flexibility index (Phi) is 1.33. The van der Waals surface area contributed by atoms with Crippen molar-refractivity contribution < 1.29 is 9.90 Å². The highest BCUT2D eigenvalue weighted by molar-refractivity contribution is 5.94. The van der Waals surface area contributed by atoms with E-state index in [1.807, 2.05) is 0 Å². The molecule has 0 unspecified atom stereocenters. The van der Waals surface area contributed by atoms with E-state index in [0.717, 1.165) is 0 Å². The standard InChI is InChI=1S/C5H7N3O2/c1-8-2-3(4(6)9)5(10)7-8/h2H,1H3,(H2,6,9)(H,7,10). The zero-order valence-corrected chi connectivity index (χ0v) is 5.40. The molecule has 0 aliphatic carbocycles. The molecule has 0 aliphatic rings. The van der Waals surface area contributed by atoms with E-state index in [1.165, 1.54) is 10.9 Å². The number of carbonyl (C=O) groups is 1. The molecule has 0 bridgehead atoms. The molecule has 0 saturated carbocycles. The van der Waals surface area contributed by atoms with Crippen molar-refractivity contribution in [3.05, 3.63) is 11.8 Å². The quantitative estimate of drug-likeness (QED) is 0.538. The van der Waals surface area contributed by atoms with Gasteiger partial charge in [-0.1, -0.05) is 0 Å². The zero-order valence-electron chi connectivity index (χ0n) is 5.40. The third-order valence-electron chi connectivity index (χ3n) is 1.07. The van der Waals surface area contributed by atoms with Gasteiger partial charge in [-0.25, -0.2) is 0 Å². The molecule has 1 aromatic heterocycles. The summed E-state index contributed by atoms with van der Waals surface area (Å²) in [6.45, 7) is 0. The Morgan fingerprint density at radius 2 is 2.50 bits per heavy atom. The van der Waals surface area contributed by atoms with Crippen LogP contribution in [0.4, 0.5) is 0 Å². The number of aryl methyl sites for hydroxylation is 1. The van der Waals surface area contributed by atoms with E-state index < -0.39 is 5.91 Å². The number of rotatable bonds is 1. The van der Waals surface area contributed by atoms with Gasteiger partial charge in [0, 0.05) is 13.2 Å². The smallest absolute Gasteiger partial charge is 0.255 e. The van der Waals surface area contributed by atoms with Gasteiger partial charge in [-0.3, -0.25) is 9.48 Å². The van der Waals surface area contributed by atoms with E-state index in [0.29, 0.717) is 0 Å². The molecule has 1 aromatic rings. The number of nitrogens with two attached hydrogens (primary N) is 1. The Morgan fingerprint density at radius 1 is 1.90 bits per heavy atom. The van der Waals surface area contributed by atoms with Crippen molar-refractivity contribution in [1.29, 1.82) is 0 Å². The molecular formula is C5H7N3O2. The van der Waals surface area contributed by atoms with Crippen molar-refractivity contribution in [3.8, 4) is 5.88 Å². The Bertz CT molecular complexity index is 266. The summed E-state index contributed by atoms with van der Waals surface area (Å²) in [5, 5.41) is 12.4. The molecule has 0 spiro atoms. The highest BCUT2D eigenvalue weighted by Crippen LogP contribution is 2.10. The van der Waals surface area contributed by atoms with E-state index >= 15 is 0 Å². The molecule has 54 valence electrons. The molecule has 0 radical (unpaired) electrons. The third kappa shape index (κ3) is 0.928. The second-order valence-corrected chi connectivity index (χ2v) is 1.90. The average molecular weight is 141 g/mol. The lowest BCUT2D eigenvalue weighted by Gasteiger charge is -1.84. The highest BCUT2D eigenvalue weighted by Gasteiger charge is 2.09. The van der Waals surface area contributed by atoms with Crippen molar-refractivity contribution in [2.45, 2.75) is 0 Å². The van der Waals surface area contributed by atoms with Crippen LogP contribution < -0.4 is 5.73 Å². The summed E-state index contributed by atoms with van der Waals surface area (Å²) in [7, 11) is 1.59. The Hall–Kier alpha value is -1.52. The van der Waals surface area contributed by atoms with Crippen LogP contribution in [0.5, 0.6) is 5.88 Å². The minimum Gasteiger partial charge on any atom is -0.492 e. The van der Waals surface area contributed by atoms with Crippen LogP contribution in [0.15, 0.2) is 6.20 Å². The number of aromatic hydroxyl groups is 1. The fourth-order valence-electron chi connectivity index (χ4n) is 0.651. The van der Waals surface area contributed by atoms with Gasteiger partial charge in [-0.15, -0.1) is 5.10 Å². The first-order valence-electron chi connectivity index (χ1n) is 2.63. The summed E-state index contributed by atoms with van der Waals surface area (Å²) in [5.74, 6) is -0.999. The van der Waals surface area contributed by atoms with Crippen LogP contribution in [-0.4, -0.2) is 20.8 Å². The van der Waals surface area contributed by atoms with E-state index in [4.69, 9.17) is 10.8 Å². The van der Waals surface area contributed by atoms with E-state index in [1.54, 1.807) is 7.05 Å². The topological polar surface area (TPSA) is 81.1 Å². The SMILES string of the molecule is Cn1cc(C(N)=O)c(O)n1. The number of hydrogen-bond acceptors (Lipinski definition) is 3. The van der Waals surface area contributed by atoms with Crippen LogP contribution in [0.1, 0.15) is 10.4 Å². The molecule has 0 aliphatic heterocycles. The Labute approximate surface area is 57.1 Å². The summed E-state index contributed by atoms with van der Waals surface area (Å²) < 4.78 is 1.31. The Morgan fingerprint density at radius 3 is 2.70 bits per heavy atom. The van der Waals surface area contributed by atoms with E-state index in [9.17, 15) is 4.79 Å². The van der Waals surface area contributed by atoms with Gasteiger partial charge in [-0.05, 0) is 0 Å². The monoisotopic (exact) mass is 141 g/mol. The second kappa shape index (κ2) is 2.02. The van der Waals surface area contributed by atoms with Crippen LogP contribution >= 0.6 is 0 Å². The van der Waals surface area contributed by atoms with Gasteiger partial charge in [0.1, 0.15) is 5.56 Å². The van der Waals surface area contributed by atoms with Gasteiger partial charge in [0.15, 0.2) is 0 Å². The van der Waals surface area contributed by atoms with Gasteiger partial charge in [0.25, 0.3) is 5.91 Å². The molecule has 5 nitrogen and oxygen atoms in total. The number of amides is 1. The average Bonchev–Trinajstić information content (AvgIpc) is 2.10. The van der Waals surface area contributed by atoms with E-state index in [2.05, 4.69) is 5.10 Å². The van der Waals surface area contributed by atoms with Crippen molar-refractivity contribution in [3.63, 3.8) is 0 Å². The van der Waals surface area contributed by atoms with Crippen molar-refractivity contribution in [2.75, 3.05) is 0 Å². The van der Waals surface area contributed by atoms with Gasteiger partial charge in [0.05, 0.1) is 0 Å². The minimum absolute atomic E-state index is 0.0440. The van der Waals surface area contributed by atoms with Crippen LogP contribution in [0.3, 0.4) is 0 Å². The molecule has 10 heavy (non-hydrogen) atoms. The van der Waals surface area contributed by atoms with Crippen LogP contribution in [0.2, 0.25) is 0 Å². The first-order valence-corrected chi connectivity index (χ1v) is 2.63. The first kappa shape index (κ1) is 6.60. The van der Waals surface area contributed by atoms with Gasteiger partial charge in [0.2, 0.25) is 5.88 Å². The lowest BCUT2D eigenvalue weighted by Crippen LogP contribution is -2.09. The summed E-state index contributed by atoms with van der Waals surface area (Å²) in [4.78, 5) is 10.4. The summed E-state index contributed by atoms with van der Waals surface area (Å²) in [6.07, 6.45) is 1.36. The normalized spacial score (nSPS) is 9.70. The molecule has 0 aromatic carbocycles. The van der Waals surface area contributed by atoms with Crippen LogP contribution in [0, 0.1) is 0 Å². The van der Waals surface area contributed by atoms with E-state index in [-0.39, 0.29) is 11.4 Å². The fourth-order valence-corrected chi connectivity index (χ4v) is 0.651. The predicted octanol–water partition coefficient (Wildman–Crippen LogP) is -0.775. The highest BCUT2D eigenvalue weighted by atomic mass is 16.3. The molecule has 5 heteroatoms. The van der Waals surface area contributed by atoms with Crippen LogP contribution in [-0.2, 0) is 7.05 Å². The second-order valence-electron chi connectivity index (χ2n) is 1.90. The summed E-state index contributed by atoms with van der Waals surface area (Å²) >= 11 is 0. The maximum Gasteiger partial charge on any atom is 0.255 e.